The van der Waals surface area contributed by atoms with Crippen LogP contribution in [-0.4, -0.2) is 34.7 Å². The molecule has 1 heterocycles. The molecule has 2 rings (SSSR count). The number of nitrogens with zero attached hydrogens (tertiary/aromatic N) is 1. The van der Waals surface area contributed by atoms with Crippen LogP contribution in [0.15, 0.2) is 18.2 Å². The lowest BCUT2D eigenvalue weighted by molar-refractivity contribution is 0.0248. The summed E-state index contributed by atoms with van der Waals surface area (Å²) in [6.07, 6.45) is 3.70. The first-order valence-corrected chi connectivity index (χ1v) is 7.92. The van der Waals surface area contributed by atoms with Crippen molar-refractivity contribution in [2.75, 3.05) is 13.1 Å². The molecule has 2 heteroatoms. The molecule has 20 heavy (non-hydrogen) atoms. The second-order valence-electron chi connectivity index (χ2n) is 6.80. The van der Waals surface area contributed by atoms with Crippen molar-refractivity contribution in [2.24, 2.45) is 0 Å². The topological polar surface area (TPSA) is 23.5 Å². The second-order valence-corrected chi connectivity index (χ2v) is 6.80. The average Bonchev–Trinajstić information content (AvgIpc) is 2.56. The van der Waals surface area contributed by atoms with Crippen molar-refractivity contribution < 1.29 is 5.11 Å². The first-order valence-electron chi connectivity index (χ1n) is 7.92. The predicted octanol–water partition coefficient (Wildman–Crippen LogP) is 3.47. The van der Waals surface area contributed by atoms with E-state index in [0.717, 1.165) is 38.8 Å². The summed E-state index contributed by atoms with van der Waals surface area (Å²) in [5.74, 6) is 0. The SMILES string of the molecule is Cc1ccc(CC2(O)CCCN(C(C)C)CC2)cc1C. The maximum Gasteiger partial charge on any atom is 0.0700 e. The Morgan fingerprint density at radius 1 is 1.15 bits per heavy atom. The molecule has 0 spiro atoms. The van der Waals surface area contributed by atoms with Crippen LogP contribution < -0.4 is 0 Å². The summed E-state index contributed by atoms with van der Waals surface area (Å²) >= 11 is 0. The van der Waals surface area contributed by atoms with Crippen LogP contribution in [-0.2, 0) is 6.42 Å². The summed E-state index contributed by atoms with van der Waals surface area (Å²) < 4.78 is 0. The maximum absolute atomic E-state index is 10.9. The van der Waals surface area contributed by atoms with Gasteiger partial charge < -0.3 is 10.0 Å². The molecule has 0 aliphatic carbocycles. The second kappa shape index (κ2) is 6.28. The Balaban J connectivity index is 2.05. The van der Waals surface area contributed by atoms with E-state index < -0.39 is 5.60 Å². The highest BCUT2D eigenvalue weighted by molar-refractivity contribution is 5.30. The third-order valence-corrected chi connectivity index (χ3v) is 4.79. The molecular formula is C18H29NO. The number of aryl methyl sites for hydroxylation is 2. The minimum atomic E-state index is -0.522. The summed E-state index contributed by atoms with van der Waals surface area (Å²) in [5.41, 5.74) is 3.40. The normalized spacial score (nSPS) is 24.9. The molecule has 0 bridgehead atoms. The van der Waals surface area contributed by atoms with Gasteiger partial charge in [0.2, 0.25) is 0 Å². The van der Waals surface area contributed by atoms with E-state index in [-0.39, 0.29) is 0 Å². The highest BCUT2D eigenvalue weighted by Crippen LogP contribution is 2.27. The zero-order valence-electron chi connectivity index (χ0n) is 13.4. The zero-order chi connectivity index (χ0) is 14.8. The molecule has 0 radical (unpaired) electrons. The van der Waals surface area contributed by atoms with Gasteiger partial charge in [0.25, 0.3) is 0 Å². The fourth-order valence-electron chi connectivity index (χ4n) is 3.19. The van der Waals surface area contributed by atoms with Crippen LogP contribution in [0.4, 0.5) is 0 Å². The monoisotopic (exact) mass is 275 g/mol. The molecular weight excluding hydrogens is 246 g/mol. The van der Waals surface area contributed by atoms with Crippen molar-refractivity contribution in [1.29, 1.82) is 0 Å². The Labute approximate surface area is 123 Å². The van der Waals surface area contributed by atoms with Gasteiger partial charge in [0.05, 0.1) is 5.60 Å². The molecule has 1 atom stereocenters. The van der Waals surface area contributed by atoms with Gasteiger partial charge in [0.1, 0.15) is 0 Å². The molecule has 1 N–H and O–H groups in total. The molecule has 2 nitrogen and oxygen atoms in total. The van der Waals surface area contributed by atoms with Crippen LogP contribution in [0.25, 0.3) is 0 Å². The van der Waals surface area contributed by atoms with E-state index in [1.165, 1.54) is 16.7 Å². The van der Waals surface area contributed by atoms with Gasteiger partial charge in [-0.25, -0.2) is 0 Å². The Morgan fingerprint density at radius 2 is 1.90 bits per heavy atom. The first-order chi connectivity index (χ1) is 9.39. The Hall–Kier alpha value is -0.860. The number of benzene rings is 1. The van der Waals surface area contributed by atoms with Crippen LogP contribution >= 0.6 is 0 Å². The summed E-state index contributed by atoms with van der Waals surface area (Å²) in [5, 5.41) is 10.9. The third kappa shape index (κ3) is 3.83. The van der Waals surface area contributed by atoms with Crippen molar-refractivity contribution in [3.05, 3.63) is 34.9 Å². The van der Waals surface area contributed by atoms with E-state index in [1.807, 2.05) is 0 Å². The van der Waals surface area contributed by atoms with E-state index in [1.54, 1.807) is 0 Å². The Bertz CT molecular complexity index is 455. The third-order valence-electron chi connectivity index (χ3n) is 4.79. The minimum Gasteiger partial charge on any atom is -0.389 e. The van der Waals surface area contributed by atoms with Crippen molar-refractivity contribution in [2.45, 2.75) is 65.0 Å². The van der Waals surface area contributed by atoms with Gasteiger partial charge in [-0.1, -0.05) is 18.2 Å². The van der Waals surface area contributed by atoms with E-state index in [0.29, 0.717) is 6.04 Å². The van der Waals surface area contributed by atoms with E-state index in [2.05, 4.69) is 50.8 Å². The number of aliphatic hydroxyl groups is 1. The van der Waals surface area contributed by atoms with Crippen molar-refractivity contribution >= 4 is 0 Å². The van der Waals surface area contributed by atoms with Crippen LogP contribution in [0.5, 0.6) is 0 Å². The number of rotatable bonds is 3. The number of likely N-dealkylation sites (tertiary alicyclic amines) is 1. The molecule has 1 fully saturated rings. The van der Waals surface area contributed by atoms with Crippen LogP contribution in [0.3, 0.4) is 0 Å². The molecule has 1 saturated heterocycles. The smallest absolute Gasteiger partial charge is 0.0700 e. The minimum absolute atomic E-state index is 0.522. The lowest BCUT2D eigenvalue weighted by Crippen LogP contribution is -2.35. The van der Waals surface area contributed by atoms with Crippen molar-refractivity contribution in [3.63, 3.8) is 0 Å². The Kier molecular flexibility index (Phi) is 4.87. The largest absolute Gasteiger partial charge is 0.389 e. The van der Waals surface area contributed by atoms with Gasteiger partial charge >= 0.3 is 0 Å². The summed E-state index contributed by atoms with van der Waals surface area (Å²) in [4.78, 5) is 2.48. The fourth-order valence-corrected chi connectivity index (χ4v) is 3.19. The molecule has 0 saturated carbocycles. The van der Waals surface area contributed by atoms with Gasteiger partial charge in [0, 0.05) is 19.0 Å². The van der Waals surface area contributed by atoms with E-state index in [4.69, 9.17) is 0 Å². The van der Waals surface area contributed by atoms with Crippen molar-refractivity contribution in [3.8, 4) is 0 Å². The molecule has 1 aromatic rings. The molecule has 0 aromatic heterocycles. The molecule has 0 amide bonds. The quantitative estimate of drug-likeness (QED) is 0.913. The van der Waals surface area contributed by atoms with Crippen molar-refractivity contribution in [1.82, 2.24) is 4.90 Å². The fraction of sp³-hybridized carbons (Fsp3) is 0.667. The standard InChI is InChI=1S/C18H29NO/c1-14(2)19-10-5-8-18(20,9-11-19)13-17-7-6-15(3)16(4)12-17/h6-7,12,14,20H,5,8-11,13H2,1-4H3. The lowest BCUT2D eigenvalue weighted by atomic mass is 9.87. The van der Waals surface area contributed by atoms with Gasteiger partial charge in [0.15, 0.2) is 0 Å². The van der Waals surface area contributed by atoms with Crippen LogP contribution in [0.2, 0.25) is 0 Å². The van der Waals surface area contributed by atoms with Gasteiger partial charge in [-0.15, -0.1) is 0 Å². The number of hydrogen-bond acceptors (Lipinski definition) is 2. The molecule has 1 aliphatic rings. The summed E-state index contributed by atoms with van der Waals surface area (Å²) in [6, 6.07) is 7.16. The van der Waals surface area contributed by atoms with Gasteiger partial charge in [-0.2, -0.15) is 0 Å². The van der Waals surface area contributed by atoms with Crippen LogP contribution in [0.1, 0.15) is 49.8 Å². The maximum atomic E-state index is 10.9. The molecule has 112 valence electrons. The Morgan fingerprint density at radius 3 is 2.55 bits per heavy atom. The molecule has 1 aliphatic heterocycles. The molecule has 1 unspecified atom stereocenters. The highest BCUT2D eigenvalue weighted by Gasteiger charge is 2.30. The highest BCUT2D eigenvalue weighted by atomic mass is 16.3. The van der Waals surface area contributed by atoms with Gasteiger partial charge in [-0.05, 0) is 70.2 Å². The van der Waals surface area contributed by atoms with E-state index >= 15 is 0 Å². The average molecular weight is 275 g/mol. The zero-order valence-corrected chi connectivity index (χ0v) is 13.4. The molecule has 1 aromatic carbocycles. The lowest BCUT2D eigenvalue weighted by Gasteiger charge is -2.28. The predicted molar refractivity (Wildman–Crippen MR) is 85.1 cm³/mol. The first kappa shape index (κ1) is 15.5. The summed E-state index contributed by atoms with van der Waals surface area (Å²) in [7, 11) is 0. The van der Waals surface area contributed by atoms with Gasteiger partial charge in [-0.3, -0.25) is 0 Å². The van der Waals surface area contributed by atoms with Crippen LogP contribution in [0, 0.1) is 13.8 Å². The summed E-state index contributed by atoms with van der Waals surface area (Å²) in [6.45, 7) is 10.9. The number of hydrogen-bond donors (Lipinski definition) is 1. The van der Waals surface area contributed by atoms with E-state index in [9.17, 15) is 5.11 Å².